The van der Waals surface area contributed by atoms with E-state index in [0.29, 0.717) is 23.2 Å². The van der Waals surface area contributed by atoms with E-state index in [0.717, 1.165) is 17.6 Å². The number of methoxy groups -OCH3 is 1. The normalized spacial score (nSPS) is 11.2. The van der Waals surface area contributed by atoms with Crippen molar-refractivity contribution >= 4 is 15.7 Å². The molecule has 0 aliphatic carbocycles. The quantitative estimate of drug-likeness (QED) is 0.677. The second kappa shape index (κ2) is 7.44. The van der Waals surface area contributed by atoms with Crippen LogP contribution in [0.5, 0.6) is 11.5 Å². The maximum Gasteiger partial charge on any atom is 0.254 e. The Hall–Kier alpha value is -3.07. The van der Waals surface area contributed by atoms with Crippen LogP contribution in [0.25, 0.3) is 11.5 Å². The van der Waals surface area contributed by atoms with Crippen LogP contribution >= 0.6 is 0 Å². The number of benzene rings is 2. The minimum Gasteiger partial charge on any atom is -0.497 e. The van der Waals surface area contributed by atoms with Gasteiger partial charge in [0.05, 0.1) is 13.4 Å². The van der Waals surface area contributed by atoms with Gasteiger partial charge < -0.3 is 13.9 Å². The van der Waals surface area contributed by atoms with Gasteiger partial charge in [0.15, 0.2) is 6.61 Å². The molecule has 1 N–H and O–H groups in total. The molecule has 2 aromatic carbocycles. The van der Waals surface area contributed by atoms with Gasteiger partial charge in [0.2, 0.25) is 15.9 Å². The van der Waals surface area contributed by atoms with Gasteiger partial charge >= 0.3 is 0 Å². The van der Waals surface area contributed by atoms with Crippen LogP contribution in [0.2, 0.25) is 0 Å². The molecule has 0 saturated heterocycles. The van der Waals surface area contributed by atoms with Crippen LogP contribution in [-0.2, 0) is 16.6 Å². The topological polar surface area (TPSA) is 104 Å². The largest absolute Gasteiger partial charge is 0.497 e. The summed E-state index contributed by atoms with van der Waals surface area (Å²) in [7, 11) is -1.71. The molecule has 0 unspecified atom stereocenters. The molecule has 0 radical (unpaired) electrons. The number of hydrogen-bond acceptors (Lipinski definition) is 7. The molecule has 0 saturated carbocycles. The summed E-state index contributed by atoms with van der Waals surface area (Å²) in [6, 6.07) is 13.8. The number of ether oxygens (including phenoxy) is 2. The van der Waals surface area contributed by atoms with Crippen molar-refractivity contribution in [2.45, 2.75) is 6.61 Å². The van der Waals surface area contributed by atoms with Crippen LogP contribution in [0, 0.1) is 0 Å². The summed E-state index contributed by atoms with van der Waals surface area (Å²) < 4.78 is 41.0. The molecule has 1 heterocycles. The molecular formula is C17H17N3O5S. The number of hydrogen-bond donors (Lipinski definition) is 1. The average molecular weight is 375 g/mol. The Balaban J connectivity index is 1.60. The SMILES string of the molecule is COc1ccc(-c2nnc(COc3ccc(NS(C)(=O)=O)cc3)o2)cc1. The highest BCUT2D eigenvalue weighted by atomic mass is 32.2. The lowest BCUT2D eigenvalue weighted by Crippen LogP contribution is -2.09. The Morgan fingerprint density at radius 3 is 2.27 bits per heavy atom. The van der Waals surface area contributed by atoms with Crippen molar-refractivity contribution < 1.29 is 22.3 Å². The van der Waals surface area contributed by atoms with Crippen molar-refractivity contribution in [3.05, 3.63) is 54.4 Å². The number of nitrogens with one attached hydrogen (secondary N) is 1. The molecule has 3 aromatic rings. The first-order valence-corrected chi connectivity index (χ1v) is 9.49. The van der Waals surface area contributed by atoms with E-state index in [1.165, 1.54) is 0 Å². The third-order valence-corrected chi connectivity index (χ3v) is 3.93. The third kappa shape index (κ3) is 4.73. The number of nitrogens with zero attached hydrogens (tertiary/aromatic N) is 2. The van der Waals surface area contributed by atoms with Crippen LogP contribution in [0.1, 0.15) is 5.89 Å². The zero-order chi connectivity index (χ0) is 18.6. The van der Waals surface area contributed by atoms with Gasteiger partial charge in [-0.05, 0) is 48.5 Å². The van der Waals surface area contributed by atoms with Crippen molar-refractivity contribution in [2.75, 3.05) is 18.1 Å². The van der Waals surface area contributed by atoms with E-state index in [2.05, 4.69) is 14.9 Å². The zero-order valence-electron chi connectivity index (χ0n) is 14.2. The van der Waals surface area contributed by atoms with E-state index in [1.807, 2.05) is 24.3 Å². The highest BCUT2D eigenvalue weighted by molar-refractivity contribution is 7.92. The first-order valence-electron chi connectivity index (χ1n) is 7.60. The van der Waals surface area contributed by atoms with Crippen LogP contribution in [0.3, 0.4) is 0 Å². The van der Waals surface area contributed by atoms with Crippen molar-refractivity contribution in [3.63, 3.8) is 0 Å². The van der Waals surface area contributed by atoms with Crippen LogP contribution < -0.4 is 14.2 Å². The van der Waals surface area contributed by atoms with Crippen LogP contribution in [0.15, 0.2) is 52.9 Å². The predicted octanol–water partition coefficient (Wildman–Crippen LogP) is 2.70. The minimum atomic E-state index is -3.31. The van der Waals surface area contributed by atoms with E-state index in [1.54, 1.807) is 31.4 Å². The van der Waals surface area contributed by atoms with Gasteiger partial charge in [0.1, 0.15) is 11.5 Å². The summed E-state index contributed by atoms with van der Waals surface area (Å²) in [5, 5.41) is 7.95. The lowest BCUT2D eigenvalue weighted by atomic mass is 10.2. The van der Waals surface area contributed by atoms with Gasteiger partial charge in [-0.1, -0.05) is 0 Å². The second-order valence-electron chi connectivity index (χ2n) is 5.42. The fraction of sp³-hybridized carbons (Fsp3) is 0.176. The number of aromatic nitrogens is 2. The number of anilines is 1. The summed E-state index contributed by atoms with van der Waals surface area (Å²) in [5.41, 5.74) is 1.24. The van der Waals surface area contributed by atoms with Gasteiger partial charge in [-0.2, -0.15) is 0 Å². The van der Waals surface area contributed by atoms with E-state index in [4.69, 9.17) is 13.9 Å². The maximum absolute atomic E-state index is 11.2. The Morgan fingerprint density at radius 1 is 1.00 bits per heavy atom. The van der Waals surface area contributed by atoms with E-state index in [-0.39, 0.29) is 6.61 Å². The Labute approximate surface area is 150 Å². The number of rotatable bonds is 7. The predicted molar refractivity (Wildman–Crippen MR) is 95.5 cm³/mol. The maximum atomic E-state index is 11.2. The molecule has 9 heteroatoms. The molecular weight excluding hydrogens is 358 g/mol. The lowest BCUT2D eigenvalue weighted by Gasteiger charge is -2.06. The van der Waals surface area contributed by atoms with Crippen molar-refractivity contribution in [2.24, 2.45) is 0 Å². The molecule has 0 aliphatic heterocycles. The Morgan fingerprint density at radius 2 is 1.65 bits per heavy atom. The molecule has 1 aromatic heterocycles. The minimum absolute atomic E-state index is 0.0992. The molecule has 8 nitrogen and oxygen atoms in total. The summed E-state index contributed by atoms with van der Waals surface area (Å²) in [5.74, 6) is 2.01. The van der Waals surface area contributed by atoms with Gasteiger partial charge in [-0.25, -0.2) is 8.42 Å². The van der Waals surface area contributed by atoms with E-state index >= 15 is 0 Å². The highest BCUT2D eigenvalue weighted by Gasteiger charge is 2.09. The molecule has 0 amide bonds. The fourth-order valence-corrected chi connectivity index (χ4v) is 2.70. The molecule has 3 rings (SSSR count). The van der Waals surface area contributed by atoms with Gasteiger partial charge in [-0.15, -0.1) is 10.2 Å². The molecule has 0 bridgehead atoms. The lowest BCUT2D eigenvalue weighted by molar-refractivity contribution is 0.264. The average Bonchev–Trinajstić information content (AvgIpc) is 3.09. The third-order valence-electron chi connectivity index (χ3n) is 3.32. The van der Waals surface area contributed by atoms with Gasteiger partial charge in [0.25, 0.3) is 5.89 Å². The Bertz CT molecular complexity index is 966. The van der Waals surface area contributed by atoms with E-state index in [9.17, 15) is 8.42 Å². The van der Waals surface area contributed by atoms with E-state index < -0.39 is 10.0 Å². The first-order chi connectivity index (χ1) is 12.4. The van der Waals surface area contributed by atoms with Gasteiger partial charge in [-0.3, -0.25) is 4.72 Å². The summed E-state index contributed by atoms with van der Waals surface area (Å²) >= 11 is 0. The smallest absolute Gasteiger partial charge is 0.254 e. The first kappa shape index (κ1) is 17.7. The standard InChI is InChI=1S/C17H17N3O5S/c1-23-14-7-3-12(4-8-14)17-19-18-16(25-17)11-24-15-9-5-13(6-10-15)20-26(2,21)22/h3-10,20H,11H2,1-2H3. The summed E-state index contributed by atoms with van der Waals surface area (Å²) in [4.78, 5) is 0. The molecule has 26 heavy (non-hydrogen) atoms. The summed E-state index contributed by atoms with van der Waals surface area (Å²) in [6.45, 7) is 0.0992. The Kier molecular flexibility index (Phi) is 5.08. The molecule has 136 valence electrons. The molecule has 0 atom stereocenters. The second-order valence-corrected chi connectivity index (χ2v) is 7.17. The van der Waals surface area contributed by atoms with Crippen molar-refractivity contribution in [1.82, 2.24) is 10.2 Å². The monoisotopic (exact) mass is 375 g/mol. The van der Waals surface area contributed by atoms with Crippen molar-refractivity contribution in [1.29, 1.82) is 0 Å². The molecule has 0 spiro atoms. The van der Waals surface area contributed by atoms with Gasteiger partial charge in [0, 0.05) is 11.3 Å². The molecule has 0 aliphatic rings. The fourth-order valence-electron chi connectivity index (χ4n) is 2.14. The van der Waals surface area contributed by atoms with Crippen molar-refractivity contribution in [3.8, 4) is 23.0 Å². The van der Waals surface area contributed by atoms with Crippen LogP contribution in [0.4, 0.5) is 5.69 Å². The zero-order valence-corrected chi connectivity index (χ0v) is 15.0. The van der Waals surface area contributed by atoms with Crippen LogP contribution in [-0.4, -0.2) is 32.0 Å². The highest BCUT2D eigenvalue weighted by Crippen LogP contribution is 2.22. The summed E-state index contributed by atoms with van der Waals surface area (Å²) in [6.07, 6.45) is 1.09. The molecule has 0 fully saturated rings. The number of sulfonamides is 1.